The molecule has 0 atom stereocenters. The number of rotatable bonds is 1. The van der Waals surface area contributed by atoms with E-state index in [1.165, 1.54) is 44.9 Å². The zero-order valence-corrected chi connectivity index (χ0v) is 9.75. The largest absolute Gasteiger partial charge is 0.361 e. The van der Waals surface area contributed by atoms with Crippen LogP contribution < -0.4 is 0 Å². The molecule has 1 rings (SSSR count). The zero-order valence-electron chi connectivity index (χ0n) is 9.75. The molecule has 1 saturated carbocycles. The number of hydrogen-bond donors (Lipinski definition) is 2. The predicted octanol–water partition coefficient (Wildman–Crippen LogP) is 4.14. The fraction of sp³-hybridized carbons (Fsp3) is 0.923. The molecule has 0 saturated heterocycles. The Kier molecular flexibility index (Phi) is 7.03. The Bertz CT molecular complexity index is 133. The van der Waals surface area contributed by atoms with Crippen molar-refractivity contribution in [2.24, 2.45) is 5.92 Å². The third-order valence-corrected chi connectivity index (χ3v) is 3.47. The quantitative estimate of drug-likeness (QED) is 0.687. The molecule has 1 aliphatic carbocycles. The first-order valence-corrected chi connectivity index (χ1v) is 6.55. The van der Waals surface area contributed by atoms with E-state index in [0.717, 1.165) is 25.7 Å². The van der Waals surface area contributed by atoms with Crippen LogP contribution in [-0.2, 0) is 0 Å². The second-order valence-corrected chi connectivity index (χ2v) is 4.81. The summed E-state index contributed by atoms with van der Waals surface area (Å²) in [5, 5.41) is 18.3. The number of aliphatic hydroxyl groups is 2. The van der Waals surface area contributed by atoms with Gasteiger partial charge in [0.25, 0.3) is 0 Å². The Hall–Kier alpha value is -0.0800. The lowest BCUT2D eigenvalue weighted by Crippen LogP contribution is -2.12. The van der Waals surface area contributed by atoms with Crippen molar-refractivity contribution in [3.05, 3.63) is 6.29 Å². The van der Waals surface area contributed by atoms with E-state index in [1.807, 2.05) is 0 Å². The van der Waals surface area contributed by atoms with Crippen LogP contribution >= 0.6 is 0 Å². The molecule has 0 aromatic rings. The van der Waals surface area contributed by atoms with Crippen molar-refractivity contribution in [3.63, 3.8) is 0 Å². The second-order valence-electron chi connectivity index (χ2n) is 4.81. The normalized spacial score (nSPS) is 23.4. The van der Waals surface area contributed by atoms with Crippen LogP contribution in [0.3, 0.4) is 0 Å². The Labute approximate surface area is 93.7 Å². The monoisotopic (exact) mass is 213 g/mol. The van der Waals surface area contributed by atoms with Gasteiger partial charge in [0.1, 0.15) is 0 Å². The van der Waals surface area contributed by atoms with Gasteiger partial charge in [0.05, 0.1) is 0 Å². The van der Waals surface area contributed by atoms with Crippen LogP contribution in [0.2, 0.25) is 0 Å². The van der Waals surface area contributed by atoms with Gasteiger partial charge >= 0.3 is 0 Å². The van der Waals surface area contributed by atoms with Crippen LogP contribution in [-0.4, -0.2) is 10.2 Å². The maximum Gasteiger partial charge on any atom is 0.221 e. The molecule has 0 amide bonds. The highest BCUT2D eigenvalue weighted by Crippen LogP contribution is 2.25. The third-order valence-electron chi connectivity index (χ3n) is 3.47. The van der Waals surface area contributed by atoms with Crippen LogP contribution in [0.1, 0.15) is 70.6 Å². The van der Waals surface area contributed by atoms with Gasteiger partial charge in [0.2, 0.25) is 6.29 Å². The molecule has 0 spiro atoms. The smallest absolute Gasteiger partial charge is 0.221 e. The van der Waals surface area contributed by atoms with Gasteiger partial charge in [-0.25, -0.2) is 0 Å². The molecule has 0 heterocycles. The van der Waals surface area contributed by atoms with Crippen LogP contribution in [0.4, 0.5) is 0 Å². The minimum absolute atomic E-state index is 0.0458. The van der Waals surface area contributed by atoms with E-state index in [2.05, 4.69) is 0 Å². The van der Waals surface area contributed by atoms with E-state index in [0.29, 0.717) is 0 Å². The summed E-state index contributed by atoms with van der Waals surface area (Å²) in [7, 11) is 0. The van der Waals surface area contributed by atoms with Gasteiger partial charge < -0.3 is 10.2 Å². The van der Waals surface area contributed by atoms with Gasteiger partial charge in [0, 0.05) is 5.92 Å². The molecule has 0 unspecified atom stereocenters. The average molecular weight is 213 g/mol. The van der Waals surface area contributed by atoms with Crippen molar-refractivity contribution < 1.29 is 10.2 Å². The van der Waals surface area contributed by atoms with Crippen molar-refractivity contribution >= 4 is 0 Å². The molecule has 0 aromatic heterocycles. The first kappa shape index (κ1) is 13.0. The zero-order chi connectivity index (χ0) is 10.9. The summed E-state index contributed by atoms with van der Waals surface area (Å²) < 4.78 is 0. The standard InChI is InChI=1S/C13H25O2/c14-13(15)12-10-8-6-4-2-1-3-5-7-9-11-12/h12,14-15H,1-11H2. The molecular weight excluding hydrogens is 188 g/mol. The maximum atomic E-state index is 9.15. The van der Waals surface area contributed by atoms with Crippen LogP contribution in [0.15, 0.2) is 0 Å². The van der Waals surface area contributed by atoms with Crippen molar-refractivity contribution in [3.8, 4) is 0 Å². The highest BCUT2D eigenvalue weighted by Gasteiger charge is 2.17. The first-order chi connectivity index (χ1) is 7.30. The molecule has 2 N–H and O–H groups in total. The number of hydrogen-bond acceptors (Lipinski definition) is 2. The van der Waals surface area contributed by atoms with Crippen molar-refractivity contribution in [2.45, 2.75) is 70.6 Å². The predicted molar refractivity (Wildman–Crippen MR) is 61.4 cm³/mol. The Morgan fingerprint density at radius 2 is 0.933 bits per heavy atom. The van der Waals surface area contributed by atoms with Gasteiger partial charge in [-0.1, -0.05) is 57.8 Å². The summed E-state index contributed by atoms with van der Waals surface area (Å²) >= 11 is 0. The Morgan fingerprint density at radius 1 is 0.600 bits per heavy atom. The lowest BCUT2D eigenvalue weighted by molar-refractivity contribution is 0.0254. The van der Waals surface area contributed by atoms with E-state index < -0.39 is 0 Å². The van der Waals surface area contributed by atoms with Gasteiger partial charge in [-0.05, 0) is 12.8 Å². The van der Waals surface area contributed by atoms with Crippen molar-refractivity contribution in [1.29, 1.82) is 0 Å². The van der Waals surface area contributed by atoms with Gasteiger partial charge in [0.15, 0.2) is 0 Å². The average Bonchev–Trinajstić information content (AvgIpc) is 2.18. The highest BCUT2D eigenvalue weighted by molar-refractivity contribution is 4.73. The SMILES string of the molecule is O[C](O)C1CCCCCCCCCCC1. The second kappa shape index (κ2) is 8.12. The molecule has 89 valence electrons. The molecule has 0 bridgehead atoms. The Morgan fingerprint density at radius 3 is 1.27 bits per heavy atom. The first-order valence-electron chi connectivity index (χ1n) is 6.55. The fourth-order valence-corrected chi connectivity index (χ4v) is 2.42. The summed E-state index contributed by atoms with van der Waals surface area (Å²) in [5.41, 5.74) is 0. The molecule has 1 aliphatic rings. The van der Waals surface area contributed by atoms with Crippen molar-refractivity contribution in [2.75, 3.05) is 0 Å². The molecule has 15 heavy (non-hydrogen) atoms. The summed E-state index contributed by atoms with van der Waals surface area (Å²) in [6.07, 6.45) is 13.1. The summed E-state index contributed by atoms with van der Waals surface area (Å²) in [4.78, 5) is 0. The fourth-order valence-electron chi connectivity index (χ4n) is 2.42. The lowest BCUT2D eigenvalue weighted by atomic mass is 9.92. The molecule has 0 aliphatic heterocycles. The van der Waals surface area contributed by atoms with E-state index in [9.17, 15) is 0 Å². The van der Waals surface area contributed by atoms with Gasteiger partial charge in [-0.15, -0.1) is 0 Å². The topological polar surface area (TPSA) is 40.5 Å². The third kappa shape index (κ3) is 6.16. The number of aliphatic hydroxyl groups excluding tert-OH is 1. The minimum Gasteiger partial charge on any atom is -0.361 e. The highest BCUT2D eigenvalue weighted by atomic mass is 16.5. The van der Waals surface area contributed by atoms with Crippen LogP contribution in [0.5, 0.6) is 0 Å². The maximum absolute atomic E-state index is 9.15. The molecule has 1 radical (unpaired) electrons. The van der Waals surface area contributed by atoms with Crippen LogP contribution in [0, 0.1) is 12.2 Å². The van der Waals surface area contributed by atoms with E-state index in [-0.39, 0.29) is 12.2 Å². The van der Waals surface area contributed by atoms with Gasteiger partial charge in [-0.3, -0.25) is 0 Å². The molecule has 1 fully saturated rings. The molecule has 2 heteroatoms. The lowest BCUT2D eigenvalue weighted by Gasteiger charge is -2.18. The summed E-state index contributed by atoms with van der Waals surface area (Å²) in [5.74, 6) is 0.0458. The van der Waals surface area contributed by atoms with E-state index >= 15 is 0 Å². The van der Waals surface area contributed by atoms with E-state index in [4.69, 9.17) is 10.2 Å². The summed E-state index contributed by atoms with van der Waals surface area (Å²) in [6, 6.07) is 0. The van der Waals surface area contributed by atoms with Crippen molar-refractivity contribution in [1.82, 2.24) is 0 Å². The summed E-state index contributed by atoms with van der Waals surface area (Å²) in [6.45, 7) is 0. The Balaban J connectivity index is 2.25. The van der Waals surface area contributed by atoms with Gasteiger partial charge in [-0.2, -0.15) is 0 Å². The van der Waals surface area contributed by atoms with E-state index in [1.54, 1.807) is 0 Å². The minimum atomic E-state index is -0.327. The molecule has 2 nitrogen and oxygen atoms in total. The molecule has 0 aromatic carbocycles. The molecular formula is C13H25O2. The van der Waals surface area contributed by atoms with Crippen LogP contribution in [0.25, 0.3) is 0 Å².